The van der Waals surface area contributed by atoms with Gasteiger partial charge in [0.05, 0.1) is 12.2 Å². The van der Waals surface area contributed by atoms with Gasteiger partial charge in [-0.1, -0.05) is 25.7 Å². The maximum absolute atomic E-state index is 10.1. The van der Waals surface area contributed by atoms with Crippen molar-refractivity contribution in [3.05, 3.63) is 0 Å². The fourth-order valence-electron chi connectivity index (χ4n) is 1.85. The van der Waals surface area contributed by atoms with E-state index in [0.717, 1.165) is 25.7 Å². The molecule has 0 aromatic heterocycles. The Morgan fingerprint density at radius 2 is 1.85 bits per heavy atom. The zero-order valence-corrected chi connectivity index (χ0v) is 8.51. The molecule has 13 heavy (non-hydrogen) atoms. The molecule has 1 rings (SSSR count). The molecule has 0 radical (unpaired) electrons. The summed E-state index contributed by atoms with van der Waals surface area (Å²) in [5.74, 6) is 0. The maximum Gasteiger partial charge on any atom is 0.0794 e. The van der Waals surface area contributed by atoms with Gasteiger partial charge in [0.1, 0.15) is 0 Å². The Hall–Kier alpha value is -0.120. The minimum absolute atomic E-state index is 0.522. The van der Waals surface area contributed by atoms with Crippen molar-refractivity contribution in [1.29, 1.82) is 0 Å². The molecule has 0 unspecified atom stereocenters. The van der Waals surface area contributed by atoms with E-state index in [9.17, 15) is 5.11 Å². The van der Waals surface area contributed by atoms with E-state index in [1.807, 2.05) is 6.92 Å². The maximum atomic E-state index is 10.1. The Bertz CT molecular complexity index is 131. The van der Waals surface area contributed by atoms with Gasteiger partial charge < -0.3 is 9.94 Å². The van der Waals surface area contributed by atoms with E-state index in [1.54, 1.807) is 0 Å². The average Bonchev–Trinajstić information content (AvgIpc) is 2.31. The van der Waals surface area contributed by atoms with E-state index in [1.165, 1.54) is 12.8 Å². The second-order valence-electron chi connectivity index (χ2n) is 3.89. The van der Waals surface area contributed by atoms with Crippen LogP contribution >= 0.6 is 0 Å². The van der Waals surface area contributed by atoms with Crippen LogP contribution in [0.4, 0.5) is 0 Å². The van der Waals surface area contributed by atoms with E-state index in [4.69, 9.17) is 4.84 Å². The van der Waals surface area contributed by atoms with Gasteiger partial charge in [0.15, 0.2) is 0 Å². The molecule has 1 fully saturated rings. The van der Waals surface area contributed by atoms with Crippen molar-refractivity contribution in [2.75, 3.05) is 13.2 Å². The van der Waals surface area contributed by atoms with Crippen LogP contribution < -0.4 is 5.48 Å². The minimum atomic E-state index is -0.522. The summed E-state index contributed by atoms with van der Waals surface area (Å²) < 4.78 is 0. The summed E-state index contributed by atoms with van der Waals surface area (Å²) in [6.07, 6.45) is 6.63. The van der Waals surface area contributed by atoms with E-state index >= 15 is 0 Å². The molecule has 0 saturated heterocycles. The molecular formula is C10H21NO2. The van der Waals surface area contributed by atoms with Crippen molar-refractivity contribution in [3.8, 4) is 0 Å². The van der Waals surface area contributed by atoms with Gasteiger partial charge in [0.2, 0.25) is 0 Å². The number of aliphatic hydroxyl groups is 1. The Balaban J connectivity index is 2.25. The van der Waals surface area contributed by atoms with Gasteiger partial charge in [-0.15, -0.1) is 0 Å². The van der Waals surface area contributed by atoms with E-state index < -0.39 is 5.60 Å². The van der Waals surface area contributed by atoms with Crippen LogP contribution in [0.25, 0.3) is 0 Å². The molecule has 0 bridgehead atoms. The van der Waals surface area contributed by atoms with E-state index in [-0.39, 0.29) is 0 Å². The first-order chi connectivity index (χ1) is 6.27. The molecule has 1 aliphatic carbocycles. The summed E-state index contributed by atoms with van der Waals surface area (Å²) in [5, 5.41) is 10.1. The standard InChI is InChI=1S/C10H21NO2/c1-2-13-11-9-10(12)7-5-3-4-6-8-10/h11-12H,2-9H2,1H3. The van der Waals surface area contributed by atoms with Crippen molar-refractivity contribution in [1.82, 2.24) is 5.48 Å². The molecule has 3 nitrogen and oxygen atoms in total. The smallest absolute Gasteiger partial charge is 0.0794 e. The number of nitrogens with one attached hydrogen (secondary N) is 1. The second-order valence-corrected chi connectivity index (χ2v) is 3.89. The van der Waals surface area contributed by atoms with Crippen molar-refractivity contribution in [2.45, 2.75) is 51.0 Å². The summed E-state index contributed by atoms with van der Waals surface area (Å²) in [6.45, 7) is 3.15. The highest BCUT2D eigenvalue weighted by molar-refractivity contribution is 4.81. The fraction of sp³-hybridized carbons (Fsp3) is 1.00. The minimum Gasteiger partial charge on any atom is -0.388 e. The first kappa shape index (κ1) is 11.0. The molecular weight excluding hydrogens is 166 g/mol. The second kappa shape index (κ2) is 5.58. The van der Waals surface area contributed by atoms with Gasteiger partial charge in [-0.25, -0.2) is 0 Å². The van der Waals surface area contributed by atoms with Crippen LogP contribution in [0.3, 0.4) is 0 Å². The van der Waals surface area contributed by atoms with E-state index in [0.29, 0.717) is 13.2 Å². The summed E-state index contributed by atoms with van der Waals surface area (Å²) in [6, 6.07) is 0. The first-order valence-electron chi connectivity index (χ1n) is 5.34. The monoisotopic (exact) mass is 187 g/mol. The normalized spacial score (nSPS) is 22.6. The third-order valence-electron chi connectivity index (χ3n) is 2.68. The molecule has 0 amide bonds. The van der Waals surface area contributed by atoms with Crippen LogP contribution in [0.2, 0.25) is 0 Å². The van der Waals surface area contributed by atoms with Crippen molar-refractivity contribution in [2.24, 2.45) is 0 Å². The molecule has 1 saturated carbocycles. The van der Waals surface area contributed by atoms with Gasteiger partial charge in [0, 0.05) is 6.54 Å². The molecule has 0 aromatic carbocycles. The third-order valence-corrected chi connectivity index (χ3v) is 2.68. The van der Waals surface area contributed by atoms with Crippen molar-refractivity contribution < 1.29 is 9.94 Å². The number of hydrogen-bond donors (Lipinski definition) is 2. The highest BCUT2D eigenvalue weighted by atomic mass is 16.6. The highest BCUT2D eigenvalue weighted by Gasteiger charge is 2.27. The fourth-order valence-corrected chi connectivity index (χ4v) is 1.85. The predicted molar refractivity (Wildman–Crippen MR) is 52.3 cm³/mol. The average molecular weight is 187 g/mol. The van der Waals surface area contributed by atoms with Crippen LogP contribution in [0.15, 0.2) is 0 Å². The van der Waals surface area contributed by atoms with Crippen LogP contribution in [-0.4, -0.2) is 23.9 Å². The Labute approximate surface area is 80.4 Å². The summed E-state index contributed by atoms with van der Waals surface area (Å²) in [7, 11) is 0. The zero-order chi connectivity index (χ0) is 9.57. The van der Waals surface area contributed by atoms with Gasteiger partial charge >= 0.3 is 0 Å². The molecule has 2 N–H and O–H groups in total. The molecule has 0 aromatic rings. The SMILES string of the molecule is CCONCC1(O)CCCCCC1. The quantitative estimate of drug-likeness (QED) is 0.399. The van der Waals surface area contributed by atoms with Crippen molar-refractivity contribution >= 4 is 0 Å². The van der Waals surface area contributed by atoms with Crippen molar-refractivity contribution in [3.63, 3.8) is 0 Å². The Kier molecular flexibility index (Phi) is 4.70. The lowest BCUT2D eigenvalue weighted by atomic mass is 9.95. The number of hydroxylamine groups is 1. The number of hydrogen-bond acceptors (Lipinski definition) is 3. The predicted octanol–water partition coefficient (Wildman–Crippen LogP) is 1.61. The Morgan fingerprint density at radius 3 is 2.38 bits per heavy atom. The zero-order valence-electron chi connectivity index (χ0n) is 8.51. The Morgan fingerprint density at radius 1 is 1.23 bits per heavy atom. The lowest BCUT2D eigenvalue weighted by Gasteiger charge is -2.26. The number of rotatable bonds is 4. The van der Waals surface area contributed by atoms with Crippen LogP contribution in [0, 0.1) is 0 Å². The van der Waals surface area contributed by atoms with E-state index in [2.05, 4.69) is 5.48 Å². The molecule has 0 spiro atoms. The molecule has 0 heterocycles. The van der Waals surface area contributed by atoms with Crippen LogP contribution in [0.5, 0.6) is 0 Å². The molecule has 78 valence electrons. The highest BCUT2D eigenvalue weighted by Crippen LogP contribution is 2.26. The largest absolute Gasteiger partial charge is 0.388 e. The lowest BCUT2D eigenvalue weighted by Crippen LogP contribution is -2.40. The van der Waals surface area contributed by atoms with Crippen LogP contribution in [0.1, 0.15) is 45.4 Å². The first-order valence-corrected chi connectivity index (χ1v) is 5.34. The summed E-state index contributed by atoms with van der Waals surface area (Å²) >= 11 is 0. The van der Waals surface area contributed by atoms with Gasteiger partial charge in [-0.2, -0.15) is 5.48 Å². The molecule has 0 atom stereocenters. The summed E-state index contributed by atoms with van der Waals surface area (Å²) in [4.78, 5) is 5.03. The lowest BCUT2D eigenvalue weighted by molar-refractivity contribution is -0.0363. The molecule has 3 heteroatoms. The third kappa shape index (κ3) is 4.07. The van der Waals surface area contributed by atoms with Gasteiger partial charge in [-0.3, -0.25) is 0 Å². The molecule has 0 aliphatic heterocycles. The van der Waals surface area contributed by atoms with Crippen LogP contribution in [-0.2, 0) is 4.84 Å². The van der Waals surface area contributed by atoms with Gasteiger partial charge in [-0.05, 0) is 19.8 Å². The summed E-state index contributed by atoms with van der Waals surface area (Å²) in [5.41, 5.74) is 2.30. The topological polar surface area (TPSA) is 41.5 Å². The molecule has 1 aliphatic rings. The van der Waals surface area contributed by atoms with Gasteiger partial charge in [0.25, 0.3) is 0 Å².